The molecule has 0 bridgehead atoms. The lowest BCUT2D eigenvalue weighted by Gasteiger charge is -2.03. The molecule has 0 saturated carbocycles. The van der Waals surface area contributed by atoms with Gasteiger partial charge in [0.15, 0.2) is 5.90 Å². The van der Waals surface area contributed by atoms with Gasteiger partial charge in [0, 0.05) is 4.57 Å². The molecule has 0 saturated heterocycles. The molecule has 6 N–H and O–H groups in total. The van der Waals surface area contributed by atoms with Gasteiger partial charge in [0.1, 0.15) is 0 Å². The average Bonchev–Trinajstić information content (AvgIpc) is 1.47. The lowest BCUT2D eigenvalue weighted by atomic mass is 11.9. The highest BCUT2D eigenvalue weighted by Gasteiger charge is 2.26. The van der Waals surface area contributed by atoms with Crippen LogP contribution in [-0.4, -0.2) is 35.3 Å². The Morgan fingerprint density at radius 2 is 1.08 bits per heavy atom. The highest BCUT2D eigenvalue weighted by Crippen LogP contribution is 2.51. The van der Waals surface area contributed by atoms with Crippen LogP contribution in [0.5, 0.6) is 0 Å². The maximum absolute atomic E-state index is 9.85. The van der Waals surface area contributed by atoms with E-state index in [1.807, 2.05) is 0 Å². The quantitative estimate of drug-likeness (QED) is 0.336. The summed E-state index contributed by atoms with van der Waals surface area (Å²) in [4.78, 5) is 46.1. The third-order valence-corrected chi connectivity index (χ3v) is 3.32. The third-order valence-electron chi connectivity index (χ3n) is 0.368. The predicted octanol–water partition coefficient (Wildman–Crippen LogP) is -1.07. The highest BCUT2D eigenvalue weighted by molar-refractivity contribution is 7.69. The van der Waals surface area contributed by atoms with Gasteiger partial charge in [-0.3, -0.25) is 9.13 Å². The van der Waals surface area contributed by atoms with Crippen LogP contribution in [0.4, 0.5) is 0 Å². The second-order valence-corrected chi connectivity index (χ2v) is 6.02. The molecular formula is CH8O9P3+. The SMILES string of the molecule is O=P(O)(O)CP(=O)(O)O.O=[P+](O)O. The fourth-order valence-corrected chi connectivity index (χ4v) is 2.16. The fraction of sp³-hybridized carbons (Fsp3) is 1.00. The summed E-state index contributed by atoms with van der Waals surface area (Å²) in [6, 6.07) is 0. The summed E-state index contributed by atoms with van der Waals surface area (Å²) in [7, 11) is -12.0. The van der Waals surface area contributed by atoms with Gasteiger partial charge in [-0.05, 0) is 0 Å². The van der Waals surface area contributed by atoms with E-state index in [0.717, 1.165) is 0 Å². The maximum atomic E-state index is 9.85. The van der Waals surface area contributed by atoms with Crippen molar-refractivity contribution in [1.82, 2.24) is 0 Å². The van der Waals surface area contributed by atoms with E-state index < -0.39 is 29.3 Å². The molecule has 9 nitrogen and oxygen atoms in total. The average molecular weight is 257 g/mol. The fourth-order valence-electron chi connectivity index (χ4n) is 0.240. The van der Waals surface area contributed by atoms with Gasteiger partial charge in [-0.25, -0.2) is 0 Å². The van der Waals surface area contributed by atoms with Crippen molar-refractivity contribution in [3.05, 3.63) is 0 Å². The Labute approximate surface area is 73.3 Å². The summed E-state index contributed by atoms with van der Waals surface area (Å²) in [5.74, 6) is -1.38. The van der Waals surface area contributed by atoms with E-state index in [1.165, 1.54) is 0 Å². The van der Waals surface area contributed by atoms with Gasteiger partial charge in [-0.15, -0.1) is 9.79 Å². The van der Waals surface area contributed by atoms with Crippen LogP contribution < -0.4 is 0 Å². The summed E-state index contributed by atoms with van der Waals surface area (Å²) in [6.07, 6.45) is 0. The Kier molecular flexibility index (Phi) is 7.19. The van der Waals surface area contributed by atoms with Crippen molar-refractivity contribution in [2.75, 3.05) is 5.90 Å². The van der Waals surface area contributed by atoms with E-state index in [2.05, 4.69) is 0 Å². The van der Waals surface area contributed by atoms with Crippen LogP contribution in [0.15, 0.2) is 0 Å². The molecule has 0 unspecified atom stereocenters. The summed E-state index contributed by atoms with van der Waals surface area (Å²) < 4.78 is 28.4. The highest BCUT2D eigenvalue weighted by atomic mass is 31.2. The zero-order chi connectivity index (χ0) is 11.3. The van der Waals surface area contributed by atoms with E-state index >= 15 is 0 Å². The van der Waals surface area contributed by atoms with Crippen LogP contribution in [0, 0.1) is 0 Å². The standard InChI is InChI=1S/CH6O6P2.HO3P/c2-8(3,4)1-9(5,6)7;1-4(2)3/h1H2,(H2,2,3,4)(H2,5,6,7);(H-,1,2,3)/p+1. The maximum Gasteiger partial charge on any atom is 0.692 e. The lowest BCUT2D eigenvalue weighted by molar-refractivity contribution is 0.356. The van der Waals surface area contributed by atoms with Crippen molar-refractivity contribution < 1.29 is 43.1 Å². The van der Waals surface area contributed by atoms with E-state index in [-0.39, 0.29) is 0 Å². The topological polar surface area (TPSA) is 173 Å². The van der Waals surface area contributed by atoms with E-state index in [4.69, 9.17) is 33.9 Å². The molecule has 0 rings (SSSR count). The molecule has 0 aromatic carbocycles. The number of rotatable bonds is 2. The van der Waals surface area contributed by atoms with Gasteiger partial charge in [-0.2, -0.15) is 0 Å². The smallest absolute Gasteiger partial charge is 0.324 e. The molecule has 0 aromatic heterocycles. The first-order chi connectivity index (χ1) is 5.44. The minimum absolute atomic E-state index is 1.38. The van der Waals surface area contributed by atoms with Crippen molar-refractivity contribution in [3.63, 3.8) is 0 Å². The molecule has 0 aliphatic heterocycles. The number of hydrogen-bond acceptors (Lipinski definition) is 3. The van der Waals surface area contributed by atoms with Crippen LogP contribution in [0.3, 0.4) is 0 Å². The van der Waals surface area contributed by atoms with Crippen molar-refractivity contribution in [1.29, 1.82) is 0 Å². The van der Waals surface area contributed by atoms with Crippen molar-refractivity contribution in [2.45, 2.75) is 0 Å². The van der Waals surface area contributed by atoms with Crippen molar-refractivity contribution >= 4 is 23.4 Å². The van der Waals surface area contributed by atoms with Crippen LogP contribution in [0.25, 0.3) is 0 Å². The van der Waals surface area contributed by atoms with Gasteiger partial charge in [-0.1, -0.05) is 0 Å². The first-order valence-corrected chi connectivity index (χ1v) is 7.14. The molecule has 0 heterocycles. The van der Waals surface area contributed by atoms with Crippen LogP contribution in [0.1, 0.15) is 0 Å². The molecule has 0 amide bonds. The molecular weight excluding hydrogens is 249 g/mol. The lowest BCUT2D eigenvalue weighted by Crippen LogP contribution is -1.88. The molecule has 0 atom stereocenters. The minimum Gasteiger partial charge on any atom is -0.324 e. The molecule has 0 aliphatic rings. The predicted molar refractivity (Wildman–Crippen MR) is 41.0 cm³/mol. The molecule has 0 radical (unpaired) electrons. The normalized spacial score (nSPS) is 11.5. The second kappa shape index (κ2) is 5.93. The van der Waals surface area contributed by atoms with E-state index in [0.29, 0.717) is 0 Å². The molecule has 0 aromatic rings. The van der Waals surface area contributed by atoms with Gasteiger partial charge in [0.2, 0.25) is 0 Å². The minimum atomic E-state index is -4.55. The third kappa shape index (κ3) is 32.9. The van der Waals surface area contributed by atoms with Crippen molar-refractivity contribution in [3.8, 4) is 0 Å². The Morgan fingerprint density at radius 1 is 0.923 bits per heavy atom. The number of hydrogen-bond donors (Lipinski definition) is 6. The summed E-state index contributed by atoms with van der Waals surface area (Å²) in [5.41, 5.74) is 0. The monoisotopic (exact) mass is 257 g/mol. The van der Waals surface area contributed by atoms with Gasteiger partial charge in [0.25, 0.3) is 0 Å². The Morgan fingerprint density at radius 3 is 1.08 bits per heavy atom. The molecule has 12 heteroatoms. The van der Waals surface area contributed by atoms with Crippen LogP contribution in [-0.2, 0) is 13.7 Å². The Hall–Kier alpha value is 0.320. The van der Waals surface area contributed by atoms with Gasteiger partial charge < -0.3 is 19.6 Å². The van der Waals surface area contributed by atoms with Crippen molar-refractivity contribution in [2.24, 2.45) is 0 Å². The van der Waals surface area contributed by atoms with Crippen LogP contribution in [0.2, 0.25) is 0 Å². The van der Waals surface area contributed by atoms with E-state index in [9.17, 15) is 9.13 Å². The molecule has 13 heavy (non-hydrogen) atoms. The first kappa shape index (κ1) is 15.8. The first-order valence-electron chi connectivity index (χ1n) is 2.38. The zero-order valence-electron chi connectivity index (χ0n) is 5.96. The van der Waals surface area contributed by atoms with Crippen LogP contribution >= 0.6 is 23.4 Å². The summed E-state index contributed by atoms with van der Waals surface area (Å²) >= 11 is 0. The Balaban J connectivity index is 0. The van der Waals surface area contributed by atoms with Gasteiger partial charge in [0.05, 0.1) is 0 Å². The molecule has 0 spiro atoms. The zero-order valence-corrected chi connectivity index (χ0v) is 8.64. The summed E-state index contributed by atoms with van der Waals surface area (Å²) in [6.45, 7) is 0. The van der Waals surface area contributed by atoms with Gasteiger partial charge >= 0.3 is 23.4 Å². The molecule has 80 valence electrons. The second-order valence-electron chi connectivity index (χ2n) is 1.72. The molecule has 0 fully saturated rings. The van der Waals surface area contributed by atoms with E-state index in [1.54, 1.807) is 0 Å². The largest absolute Gasteiger partial charge is 0.692 e. The Bertz CT molecular complexity index is 220. The summed E-state index contributed by atoms with van der Waals surface area (Å²) in [5, 5.41) is 0. The molecule has 0 aliphatic carbocycles.